The van der Waals surface area contributed by atoms with Crippen molar-refractivity contribution in [2.45, 2.75) is 0 Å². The first kappa shape index (κ1) is 11.1. The largest absolute Gasteiger partial charge is 0.545 e. The van der Waals surface area contributed by atoms with Gasteiger partial charge in [-0.2, -0.15) is 0 Å². The Labute approximate surface area is 98.3 Å². The summed E-state index contributed by atoms with van der Waals surface area (Å²) in [5.74, 6) is -1.25. The van der Waals surface area contributed by atoms with E-state index < -0.39 is 5.97 Å². The molecule has 17 heavy (non-hydrogen) atoms. The Balaban J connectivity index is 2.68. The van der Waals surface area contributed by atoms with E-state index in [-0.39, 0.29) is 5.56 Å². The molecule has 0 N–H and O–H groups in total. The van der Waals surface area contributed by atoms with Crippen LogP contribution in [0.25, 0.3) is 11.1 Å². The van der Waals surface area contributed by atoms with E-state index in [0.717, 1.165) is 0 Å². The summed E-state index contributed by atoms with van der Waals surface area (Å²) in [4.78, 5) is 21.9. The van der Waals surface area contributed by atoms with Gasteiger partial charge in [-0.05, 0) is 11.1 Å². The third kappa shape index (κ3) is 2.08. The van der Waals surface area contributed by atoms with Crippen LogP contribution < -0.4 is 5.11 Å². The third-order valence-corrected chi connectivity index (χ3v) is 2.52. The summed E-state index contributed by atoms with van der Waals surface area (Å²) in [5.41, 5.74) is 1.64. The number of carboxylic acids is 1. The monoisotopic (exact) mass is 225 g/mol. The van der Waals surface area contributed by atoms with Crippen LogP contribution in [0.3, 0.4) is 0 Å². The number of hydrogen-bond acceptors (Lipinski definition) is 3. The molecule has 0 fully saturated rings. The van der Waals surface area contributed by atoms with Crippen LogP contribution in [0, 0.1) is 0 Å². The van der Waals surface area contributed by atoms with Gasteiger partial charge in [-0.1, -0.05) is 48.5 Å². The third-order valence-electron chi connectivity index (χ3n) is 2.52. The predicted molar refractivity (Wildman–Crippen MR) is 61.6 cm³/mol. The highest BCUT2D eigenvalue weighted by atomic mass is 16.4. The van der Waals surface area contributed by atoms with E-state index in [2.05, 4.69) is 0 Å². The molecule has 3 heteroatoms. The minimum Gasteiger partial charge on any atom is -0.545 e. The average molecular weight is 225 g/mol. The summed E-state index contributed by atoms with van der Waals surface area (Å²) in [7, 11) is 0. The van der Waals surface area contributed by atoms with Crippen molar-refractivity contribution >= 4 is 12.3 Å². The molecule has 0 aliphatic heterocycles. The van der Waals surface area contributed by atoms with Crippen molar-refractivity contribution in [3.05, 3.63) is 59.7 Å². The Morgan fingerprint density at radius 2 is 1.53 bits per heavy atom. The van der Waals surface area contributed by atoms with E-state index in [4.69, 9.17) is 0 Å². The zero-order chi connectivity index (χ0) is 12.3. The lowest BCUT2D eigenvalue weighted by atomic mass is 9.96. The van der Waals surface area contributed by atoms with Crippen molar-refractivity contribution in [1.82, 2.24) is 0 Å². The van der Waals surface area contributed by atoms with Gasteiger partial charge in [0.05, 0.1) is 5.97 Å². The van der Waals surface area contributed by atoms with Crippen molar-refractivity contribution in [1.29, 1.82) is 0 Å². The molecular formula is C14H9O3-. The Morgan fingerprint density at radius 1 is 0.941 bits per heavy atom. The van der Waals surface area contributed by atoms with Gasteiger partial charge in [-0.3, -0.25) is 4.79 Å². The topological polar surface area (TPSA) is 57.2 Å². The highest BCUT2D eigenvalue weighted by Gasteiger charge is 2.08. The lowest BCUT2D eigenvalue weighted by Gasteiger charge is -2.11. The second-order valence-electron chi connectivity index (χ2n) is 3.54. The van der Waals surface area contributed by atoms with E-state index in [1.54, 1.807) is 42.5 Å². The molecular weight excluding hydrogens is 216 g/mol. The van der Waals surface area contributed by atoms with Gasteiger partial charge < -0.3 is 9.90 Å². The average Bonchev–Trinajstić information content (AvgIpc) is 2.38. The fourth-order valence-corrected chi connectivity index (χ4v) is 1.74. The molecule has 0 radical (unpaired) electrons. The second-order valence-corrected chi connectivity index (χ2v) is 3.54. The van der Waals surface area contributed by atoms with Gasteiger partial charge in [0.1, 0.15) is 0 Å². The molecule has 0 heterocycles. The molecule has 2 rings (SSSR count). The van der Waals surface area contributed by atoms with Crippen LogP contribution in [0.2, 0.25) is 0 Å². The molecule has 2 aromatic carbocycles. The van der Waals surface area contributed by atoms with Crippen molar-refractivity contribution in [3.63, 3.8) is 0 Å². The van der Waals surface area contributed by atoms with Crippen molar-refractivity contribution in [2.24, 2.45) is 0 Å². The van der Waals surface area contributed by atoms with E-state index in [1.165, 1.54) is 6.07 Å². The number of carboxylic acid groups (broad SMARTS) is 1. The van der Waals surface area contributed by atoms with Crippen LogP contribution >= 0.6 is 0 Å². The number of carbonyl (C=O) groups is 2. The van der Waals surface area contributed by atoms with Gasteiger partial charge >= 0.3 is 0 Å². The van der Waals surface area contributed by atoms with Crippen molar-refractivity contribution < 1.29 is 14.7 Å². The molecule has 0 spiro atoms. The molecule has 0 unspecified atom stereocenters. The number of carbonyl (C=O) groups excluding carboxylic acids is 2. The highest BCUT2D eigenvalue weighted by Crippen LogP contribution is 2.25. The van der Waals surface area contributed by atoms with Gasteiger partial charge in [0, 0.05) is 11.1 Å². The summed E-state index contributed by atoms with van der Waals surface area (Å²) in [6.45, 7) is 0. The number of aromatic carboxylic acids is 1. The van der Waals surface area contributed by atoms with Crippen LogP contribution in [-0.4, -0.2) is 12.3 Å². The summed E-state index contributed by atoms with van der Waals surface area (Å²) in [6.07, 6.45) is 0.710. The Morgan fingerprint density at radius 3 is 2.18 bits per heavy atom. The summed E-state index contributed by atoms with van der Waals surface area (Å²) in [5, 5.41) is 11.0. The Kier molecular flexibility index (Phi) is 3.01. The molecule has 0 saturated heterocycles. The quantitative estimate of drug-likeness (QED) is 0.744. The van der Waals surface area contributed by atoms with Crippen molar-refractivity contribution in [3.8, 4) is 11.1 Å². The fraction of sp³-hybridized carbons (Fsp3) is 0. The number of benzene rings is 2. The van der Waals surface area contributed by atoms with Crippen LogP contribution in [0.5, 0.6) is 0 Å². The Bertz CT molecular complexity index is 573. The zero-order valence-corrected chi connectivity index (χ0v) is 8.92. The maximum Gasteiger partial charge on any atom is 0.150 e. The molecule has 0 aromatic heterocycles. The van der Waals surface area contributed by atoms with E-state index in [9.17, 15) is 14.7 Å². The number of aldehydes is 1. The maximum absolute atomic E-state index is 11.0. The van der Waals surface area contributed by atoms with Crippen LogP contribution in [0.4, 0.5) is 0 Å². The lowest BCUT2D eigenvalue weighted by molar-refractivity contribution is -0.254. The molecule has 0 aliphatic rings. The van der Waals surface area contributed by atoms with Gasteiger partial charge in [0.15, 0.2) is 6.29 Å². The summed E-state index contributed by atoms with van der Waals surface area (Å²) < 4.78 is 0. The Hall–Kier alpha value is -2.42. The van der Waals surface area contributed by atoms with E-state index in [0.29, 0.717) is 23.0 Å². The minimum absolute atomic E-state index is 0.0850. The summed E-state index contributed by atoms with van der Waals surface area (Å²) in [6, 6.07) is 13.3. The second kappa shape index (κ2) is 4.61. The fourth-order valence-electron chi connectivity index (χ4n) is 1.74. The lowest BCUT2D eigenvalue weighted by Crippen LogP contribution is -2.23. The number of hydrogen-bond donors (Lipinski definition) is 0. The zero-order valence-electron chi connectivity index (χ0n) is 8.92. The molecule has 3 nitrogen and oxygen atoms in total. The highest BCUT2D eigenvalue weighted by molar-refractivity contribution is 5.98. The maximum atomic E-state index is 11.0. The standard InChI is InChI=1S/C14H10O3/c15-9-10-5-1-2-6-11(10)12-7-3-4-8-13(12)14(16)17/h1-9H,(H,16,17)/p-1. The normalized spacial score (nSPS) is 9.88. The molecule has 84 valence electrons. The predicted octanol–water partition coefficient (Wildman–Crippen LogP) is 1.53. The smallest absolute Gasteiger partial charge is 0.150 e. The number of rotatable bonds is 3. The summed E-state index contributed by atoms with van der Waals surface area (Å²) >= 11 is 0. The SMILES string of the molecule is O=Cc1ccccc1-c1ccccc1C(=O)[O-]. The van der Waals surface area contributed by atoms with E-state index >= 15 is 0 Å². The van der Waals surface area contributed by atoms with Gasteiger partial charge in [0.25, 0.3) is 0 Å². The van der Waals surface area contributed by atoms with Gasteiger partial charge in [-0.15, -0.1) is 0 Å². The van der Waals surface area contributed by atoms with Gasteiger partial charge in [-0.25, -0.2) is 0 Å². The molecule has 0 bridgehead atoms. The minimum atomic E-state index is -1.25. The first-order chi connectivity index (χ1) is 8.24. The molecule has 0 saturated carbocycles. The molecule has 0 aliphatic carbocycles. The first-order valence-electron chi connectivity index (χ1n) is 5.09. The van der Waals surface area contributed by atoms with Crippen molar-refractivity contribution in [2.75, 3.05) is 0 Å². The van der Waals surface area contributed by atoms with Crippen LogP contribution in [0.15, 0.2) is 48.5 Å². The first-order valence-corrected chi connectivity index (χ1v) is 5.09. The molecule has 2 aromatic rings. The van der Waals surface area contributed by atoms with Crippen LogP contribution in [-0.2, 0) is 0 Å². The van der Waals surface area contributed by atoms with Crippen LogP contribution in [0.1, 0.15) is 20.7 Å². The van der Waals surface area contributed by atoms with E-state index in [1.807, 2.05) is 0 Å². The van der Waals surface area contributed by atoms with Gasteiger partial charge in [0.2, 0.25) is 0 Å². The molecule has 0 amide bonds. The molecule has 0 atom stereocenters.